The molecule has 6 nitrogen and oxygen atoms in total. The van der Waals surface area contributed by atoms with Gasteiger partial charge in [0.05, 0.1) is 23.9 Å². The molecule has 0 radical (unpaired) electrons. The second-order valence-corrected chi connectivity index (χ2v) is 8.99. The van der Waals surface area contributed by atoms with Crippen LogP contribution in [0.2, 0.25) is 0 Å². The summed E-state index contributed by atoms with van der Waals surface area (Å²) in [7, 11) is -2.34. The van der Waals surface area contributed by atoms with Gasteiger partial charge >= 0.3 is 0 Å². The van der Waals surface area contributed by atoms with Crippen molar-refractivity contribution in [2.45, 2.75) is 11.8 Å². The Kier molecular flexibility index (Phi) is 4.68. The normalized spacial score (nSPS) is 11.7. The molecule has 3 heterocycles. The summed E-state index contributed by atoms with van der Waals surface area (Å²) in [6.45, 7) is 1.91. The second kappa shape index (κ2) is 7.03. The highest BCUT2D eigenvalue weighted by atomic mass is 79.9. The zero-order valence-corrected chi connectivity index (χ0v) is 17.5. The number of halogens is 1. The lowest BCUT2D eigenvalue weighted by Gasteiger charge is -2.12. The molecule has 0 bridgehead atoms. The second-order valence-electron chi connectivity index (χ2n) is 6.29. The van der Waals surface area contributed by atoms with Crippen LogP contribution in [0.1, 0.15) is 5.56 Å². The number of rotatable bonds is 4. The number of aryl methyl sites for hydroxylation is 1. The Morgan fingerprint density at radius 3 is 2.50 bits per heavy atom. The molecule has 0 spiro atoms. The minimum Gasteiger partial charge on any atom is -0.495 e. The minimum absolute atomic E-state index is 0.192. The van der Waals surface area contributed by atoms with Crippen molar-refractivity contribution >= 4 is 37.0 Å². The van der Waals surface area contributed by atoms with Gasteiger partial charge in [0.2, 0.25) is 0 Å². The summed E-state index contributed by atoms with van der Waals surface area (Å²) in [6, 6.07) is 12.1. The van der Waals surface area contributed by atoms with Crippen molar-refractivity contribution in [1.82, 2.24) is 13.9 Å². The van der Waals surface area contributed by atoms with Crippen LogP contribution < -0.4 is 4.74 Å². The van der Waals surface area contributed by atoms with E-state index in [1.807, 2.05) is 13.0 Å². The Morgan fingerprint density at radius 2 is 1.79 bits per heavy atom. The van der Waals surface area contributed by atoms with Crippen LogP contribution in [-0.2, 0) is 10.0 Å². The van der Waals surface area contributed by atoms with Gasteiger partial charge in [-0.2, -0.15) is 0 Å². The van der Waals surface area contributed by atoms with Gasteiger partial charge in [0.15, 0.2) is 5.65 Å². The van der Waals surface area contributed by atoms with E-state index in [-0.39, 0.29) is 4.90 Å². The maximum atomic E-state index is 13.5. The number of ether oxygens (including phenoxy) is 1. The molecule has 0 amide bonds. The first-order valence-electron chi connectivity index (χ1n) is 8.39. The Bertz CT molecular complexity index is 1280. The SMILES string of the molecule is COc1cncc(-c2cc3cc(Br)cnc3n2S(=O)(=O)c2ccc(C)cc2)c1. The van der Waals surface area contributed by atoms with E-state index in [0.717, 1.165) is 10.0 Å². The van der Waals surface area contributed by atoms with Gasteiger partial charge in [-0.3, -0.25) is 4.98 Å². The number of aromatic nitrogens is 3. The summed E-state index contributed by atoms with van der Waals surface area (Å²) >= 11 is 3.40. The lowest BCUT2D eigenvalue weighted by Crippen LogP contribution is -2.14. The lowest BCUT2D eigenvalue weighted by atomic mass is 10.2. The third kappa shape index (κ3) is 3.18. The van der Waals surface area contributed by atoms with Crippen LogP contribution >= 0.6 is 15.9 Å². The Balaban J connectivity index is 2.04. The van der Waals surface area contributed by atoms with Gasteiger partial charge < -0.3 is 4.74 Å². The zero-order chi connectivity index (χ0) is 19.9. The predicted octanol–water partition coefficient (Wildman–Crippen LogP) is 4.41. The zero-order valence-electron chi connectivity index (χ0n) is 15.1. The summed E-state index contributed by atoms with van der Waals surface area (Å²) in [4.78, 5) is 8.72. The van der Waals surface area contributed by atoms with Crippen molar-refractivity contribution in [3.8, 4) is 17.0 Å². The summed E-state index contributed by atoms with van der Waals surface area (Å²) < 4.78 is 34.3. The van der Waals surface area contributed by atoms with Crippen LogP contribution in [0.25, 0.3) is 22.3 Å². The standard InChI is InChI=1S/C20H16BrN3O3S/c1-13-3-5-18(6-4-13)28(25,26)24-19(15-8-17(27-2)12-22-10-15)9-14-7-16(21)11-23-20(14)24/h3-12H,1-2H3. The highest BCUT2D eigenvalue weighted by Gasteiger charge is 2.25. The van der Waals surface area contributed by atoms with E-state index in [9.17, 15) is 8.42 Å². The average molecular weight is 458 g/mol. The fraction of sp³-hybridized carbons (Fsp3) is 0.100. The molecule has 0 saturated heterocycles. The predicted molar refractivity (Wildman–Crippen MR) is 111 cm³/mol. The molecule has 1 aromatic carbocycles. The largest absolute Gasteiger partial charge is 0.495 e. The molecule has 0 aliphatic carbocycles. The third-order valence-electron chi connectivity index (χ3n) is 4.37. The van der Waals surface area contributed by atoms with Crippen molar-refractivity contribution in [2.24, 2.45) is 0 Å². The fourth-order valence-corrected chi connectivity index (χ4v) is 4.81. The molecule has 0 atom stereocenters. The van der Waals surface area contributed by atoms with Crippen LogP contribution in [0, 0.1) is 6.92 Å². The number of methoxy groups -OCH3 is 1. The van der Waals surface area contributed by atoms with Crippen LogP contribution in [0.4, 0.5) is 0 Å². The fourth-order valence-electron chi connectivity index (χ4n) is 2.97. The van der Waals surface area contributed by atoms with Crippen LogP contribution in [0.3, 0.4) is 0 Å². The van der Waals surface area contributed by atoms with Crippen molar-refractivity contribution in [1.29, 1.82) is 0 Å². The smallest absolute Gasteiger partial charge is 0.269 e. The molecule has 0 aliphatic rings. The van der Waals surface area contributed by atoms with Gasteiger partial charge in [-0.1, -0.05) is 17.7 Å². The lowest BCUT2D eigenvalue weighted by molar-refractivity contribution is 0.413. The van der Waals surface area contributed by atoms with Crippen LogP contribution in [-0.4, -0.2) is 29.5 Å². The molecular formula is C20H16BrN3O3S. The summed E-state index contributed by atoms with van der Waals surface area (Å²) in [6.07, 6.45) is 4.75. The van der Waals surface area contributed by atoms with Crippen molar-refractivity contribution in [3.05, 3.63) is 71.1 Å². The monoisotopic (exact) mass is 457 g/mol. The van der Waals surface area contributed by atoms with Gasteiger partial charge in [0.25, 0.3) is 10.0 Å². The molecule has 142 valence electrons. The summed E-state index contributed by atoms with van der Waals surface area (Å²) in [5.41, 5.74) is 2.41. The van der Waals surface area contributed by atoms with Crippen molar-refractivity contribution < 1.29 is 13.2 Å². The van der Waals surface area contributed by atoms with Gasteiger partial charge in [-0.15, -0.1) is 0 Å². The molecule has 0 fully saturated rings. The van der Waals surface area contributed by atoms with Crippen LogP contribution in [0.15, 0.2) is 70.4 Å². The first-order chi connectivity index (χ1) is 13.4. The van der Waals surface area contributed by atoms with Gasteiger partial charge in [-0.25, -0.2) is 17.4 Å². The number of fused-ring (bicyclic) bond motifs is 1. The number of hydrogen-bond acceptors (Lipinski definition) is 5. The van der Waals surface area contributed by atoms with E-state index >= 15 is 0 Å². The number of pyridine rings is 2. The van der Waals surface area contributed by atoms with Gasteiger partial charge in [-0.05, 0) is 53.2 Å². The quantitative estimate of drug-likeness (QED) is 0.453. The maximum absolute atomic E-state index is 13.5. The van der Waals surface area contributed by atoms with E-state index in [0.29, 0.717) is 28.0 Å². The van der Waals surface area contributed by atoms with Crippen LogP contribution in [0.5, 0.6) is 5.75 Å². The Morgan fingerprint density at radius 1 is 1.04 bits per heavy atom. The molecule has 3 aromatic heterocycles. The molecule has 4 rings (SSSR count). The van der Waals surface area contributed by atoms with E-state index in [2.05, 4.69) is 25.9 Å². The Hall–Kier alpha value is -2.71. The number of hydrogen-bond donors (Lipinski definition) is 0. The summed E-state index contributed by atoms with van der Waals surface area (Å²) in [5.74, 6) is 0.538. The van der Waals surface area contributed by atoms with Crippen molar-refractivity contribution in [2.75, 3.05) is 7.11 Å². The molecule has 0 saturated carbocycles. The highest BCUT2D eigenvalue weighted by Crippen LogP contribution is 2.33. The van der Waals surface area contributed by atoms with Gasteiger partial charge in [0.1, 0.15) is 5.75 Å². The first-order valence-corrected chi connectivity index (χ1v) is 10.6. The average Bonchev–Trinajstić information content (AvgIpc) is 3.07. The molecular weight excluding hydrogens is 442 g/mol. The topological polar surface area (TPSA) is 74.1 Å². The van der Waals surface area contributed by atoms with E-state index in [1.54, 1.807) is 55.0 Å². The molecule has 0 N–H and O–H groups in total. The maximum Gasteiger partial charge on any atom is 0.269 e. The van der Waals surface area contributed by atoms with Crippen molar-refractivity contribution in [3.63, 3.8) is 0 Å². The minimum atomic E-state index is -3.88. The summed E-state index contributed by atoms with van der Waals surface area (Å²) in [5, 5.41) is 0.697. The molecule has 0 aliphatic heterocycles. The van der Waals surface area contributed by atoms with E-state index in [1.165, 1.54) is 11.1 Å². The van der Waals surface area contributed by atoms with Gasteiger partial charge in [0, 0.05) is 27.8 Å². The first kappa shape index (κ1) is 18.6. The molecule has 8 heteroatoms. The number of benzene rings is 1. The Labute approximate surface area is 171 Å². The molecule has 4 aromatic rings. The molecule has 28 heavy (non-hydrogen) atoms. The third-order valence-corrected chi connectivity index (χ3v) is 6.52. The highest BCUT2D eigenvalue weighted by molar-refractivity contribution is 9.10. The molecule has 0 unspecified atom stereocenters. The number of nitrogens with zero attached hydrogens (tertiary/aromatic N) is 3. The van der Waals surface area contributed by atoms with E-state index in [4.69, 9.17) is 4.74 Å². The van der Waals surface area contributed by atoms with E-state index < -0.39 is 10.0 Å².